The molecule has 36 heavy (non-hydrogen) atoms. The molecule has 2 atom stereocenters. The summed E-state index contributed by atoms with van der Waals surface area (Å²) in [4.78, 5) is 0.121. The minimum Gasteiger partial charge on any atom is -0.244 e. The highest BCUT2D eigenvalue weighted by molar-refractivity contribution is 9.10. The van der Waals surface area contributed by atoms with Gasteiger partial charge in [-0.2, -0.15) is 4.31 Å². The maximum atomic E-state index is 14.1. The fourth-order valence-electron chi connectivity index (χ4n) is 4.28. The largest absolute Gasteiger partial charge is 0.265 e. The number of anilines is 1. The number of sulfonamides is 2. The second-order valence-corrected chi connectivity index (χ2v) is 13.4. The Labute approximate surface area is 221 Å². The summed E-state index contributed by atoms with van der Waals surface area (Å²) in [6, 6.07) is 21.3. The molecule has 0 N–H and O–H groups in total. The number of nitrogens with zero attached hydrogens (tertiary/aromatic N) is 2. The molecule has 4 rings (SSSR count). The normalized spacial score (nSPS) is 18.8. The van der Waals surface area contributed by atoms with Gasteiger partial charge >= 0.3 is 0 Å². The van der Waals surface area contributed by atoms with Crippen molar-refractivity contribution in [3.8, 4) is 0 Å². The number of para-hydroxylation sites is 1. The van der Waals surface area contributed by atoms with Crippen LogP contribution in [-0.2, 0) is 20.0 Å². The zero-order chi connectivity index (χ0) is 26.3. The van der Waals surface area contributed by atoms with Crippen LogP contribution >= 0.6 is 15.9 Å². The Morgan fingerprint density at radius 1 is 0.917 bits per heavy atom. The number of hydrogen-bond donors (Lipinski definition) is 0. The van der Waals surface area contributed by atoms with Gasteiger partial charge in [0.15, 0.2) is 0 Å². The molecule has 1 heterocycles. The summed E-state index contributed by atoms with van der Waals surface area (Å²) in [5.74, 6) is -0.415. The number of rotatable bonds is 7. The number of aryl methyl sites for hydroxylation is 1. The van der Waals surface area contributed by atoms with Crippen LogP contribution in [0.4, 0.5) is 5.69 Å². The minimum atomic E-state index is -4.20. The lowest BCUT2D eigenvalue weighted by Crippen LogP contribution is -2.50. The van der Waals surface area contributed by atoms with E-state index in [1.54, 1.807) is 61.5 Å². The van der Waals surface area contributed by atoms with Gasteiger partial charge in [-0.05, 0) is 68.0 Å². The minimum absolute atomic E-state index is 0.0359. The van der Waals surface area contributed by atoms with Crippen molar-refractivity contribution >= 4 is 41.7 Å². The van der Waals surface area contributed by atoms with Gasteiger partial charge in [-0.1, -0.05) is 70.6 Å². The van der Waals surface area contributed by atoms with Crippen molar-refractivity contribution in [1.82, 2.24) is 4.31 Å². The van der Waals surface area contributed by atoms with Gasteiger partial charge in [0.05, 0.1) is 15.5 Å². The van der Waals surface area contributed by atoms with Crippen LogP contribution in [0, 0.1) is 12.8 Å². The van der Waals surface area contributed by atoms with E-state index in [2.05, 4.69) is 29.1 Å². The highest BCUT2D eigenvalue weighted by Gasteiger charge is 2.49. The maximum absolute atomic E-state index is 14.1. The number of hydrogen-bond acceptors (Lipinski definition) is 4. The summed E-state index contributed by atoms with van der Waals surface area (Å²) >= 11 is 3.34. The first-order valence-electron chi connectivity index (χ1n) is 11.2. The van der Waals surface area contributed by atoms with E-state index in [9.17, 15) is 16.8 Å². The molecule has 3 aromatic carbocycles. The summed E-state index contributed by atoms with van der Waals surface area (Å²) in [6.07, 6.45) is -1.19. The standard InChI is InChI=1S/C27H27BrN2O4S2/c1-19(2)26-18-29(35(31,32)24-14-10-20(3)11-15-24)27(21(26)4)30(23-8-6-5-7-9-23)36(33,34)25-16-12-22(28)13-17-25/h5-17,26-27H,1,4,18H2,2-3H3/t26-,27-/m0/s1. The second-order valence-electron chi connectivity index (χ2n) is 8.83. The van der Waals surface area contributed by atoms with E-state index in [1.165, 1.54) is 28.6 Å². The van der Waals surface area contributed by atoms with Gasteiger partial charge in [0.1, 0.15) is 6.17 Å². The summed E-state index contributed by atoms with van der Waals surface area (Å²) in [5.41, 5.74) is 2.40. The van der Waals surface area contributed by atoms with Crippen molar-refractivity contribution < 1.29 is 16.8 Å². The van der Waals surface area contributed by atoms with Crippen LogP contribution in [0.25, 0.3) is 0 Å². The highest BCUT2D eigenvalue weighted by atomic mass is 79.9. The first-order valence-corrected chi connectivity index (χ1v) is 14.9. The van der Waals surface area contributed by atoms with Gasteiger partial charge in [-0.3, -0.25) is 0 Å². The molecule has 0 spiro atoms. The second kappa shape index (κ2) is 9.97. The number of benzene rings is 3. The molecule has 188 valence electrons. The van der Waals surface area contributed by atoms with E-state index < -0.39 is 32.1 Å². The fourth-order valence-corrected chi connectivity index (χ4v) is 7.81. The third-order valence-corrected chi connectivity index (χ3v) is 10.4. The van der Waals surface area contributed by atoms with E-state index in [4.69, 9.17) is 0 Å². The van der Waals surface area contributed by atoms with Crippen LogP contribution in [0.5, 0.6) is 0 Å². The molecular weight excluding hydrogens is 560 g/mol. The van der Waals surface area contributed by atoms with E-state index >= 15 is 0 Å². The monoisotopic (exact) mass is 586 g/mol. The molecule has 0 bridgehead atoms. The molecule has 1 aliphatic heterocycles. The van der Waals surface area contributed by atoms with Crippen molar-refractivity contribution in [2.45, 2.75) is 29.8 Å². The molecule has 3 aromatic rings. The zero-order valence-corrected chi connectivity index (χ0v) is 23.2. The summed E-state index contributed by atoms with van der Waals surface area (Å²) in [5, 5.41) is 0. The lowest BCUT2D eigenvalue weighted by Gasteiger charge is -2.35. The van der Waals surface area contributed by atoms with Crippen LogP contribution in [-0.4, -0.2) is 33.9 Å². The first kappa shape index (κ1) is 26.3. The summed E-state index contributed by atoms with van der Waals surface area (Å²) in [6.45, 7) is 11.9. The van der Waals surface area contributed by atoms with Gasteiger partial charge in [0, 0.05) is 16.9 Å². The molecule has 9 heteroatoms. The quantitative estimate of drug-likeness (QED) is 0.331. The Kier molecular flexibility index (Phi) is 7.30. The molecule has 0 saturated carbocycles. The van der Waals surface area contributed by atoms with Crippen LogP contribution in [0.2, 0.25) is 0 Å². The van der Waals surface area contributed by atoms with Gasteiger partial charge in [-0.15, -0.1) is 0 Å². The first-order chi connectivity index (χ1) is 16.9. The van der Waals surface area contributed by atoms with E-state index in [-0.39, 0.29) is 16.3 Å². The molecule has 1 fully saturated rings. The average Bonchev–Trinajstić information content (AvgIpc) is 3.18. The summed E-state index contributed by atoms with van der Waals surface area (Å²) in [7, 11) is -8.29. The van der Waals surface area contributed by atoms with E-state index in [0.29, 0.717) is 16.8 Å². The van der Waals surface area contributed by atoms with Gasteiger partial charge in [0.25, 0.3) is 10.0 Å². The van der Waals surface area contributed by atoms with Crippen molar-refractivity contribution in [1.29, 1.82) is 0 Å². The Morgan fingerprint density at radius 2 is 1.47 bits per heavy atom. The molecule has 6 nitrogen and oxygen atoms in total. The summed E-state index contributed by atoms with van der Waals surface area (Å²) < 4.78 is 59.3. The fraction of sp³-hybridized carbons (Fsp3) is 0.185. The molecule has 0 aromatic heterocycles. The molecule has 0 aliphatic carbocycles. The van der Waals surface area contributed by atoms with Crippen molar-refractivity contribution in [2.75, 3.05) is 10.8 Å². The zero-order valence-electron chi connectivity index (χ0n) is 20.0. The van der Waals surface area contributed by atoms with Crippen molar-refractivity contribution in [2.24, 2.45) is 5.92 Å². The smallest absolute Gasteiger partial charge is 0.244 e. The Balaban J connectivity index is 1.95. The molecule has 0 radical (unpaired) electrons. The van der Waals surface area contributed by atoms with Crippen molar-refractivity contribution in [3.05, 3.63) is 113 Å². The third kappa shape index (κ3) is 4.80. The molecular formula is C27H27BrN2O4S2. The lowest BCUT2D eigenvalue weighted by atomic mass is 9.96. The SMILES string of the molecule is C=C(C)[C@@H]1CN(S(=O)(=O)c2ccc(C)cc2)[C@@H](N(c2ccccc2)S(=O)(=O)c2ccc(Br)cc2)C1=C. The highest BCUT2D eigenvalue weighted by Crippen LogP contribution is 2.41. The van der Waals surface area contributed by atoms with Crippen LogP contribution < -0.4 is 4.31 Å². The van der Waals surface area contributed by atoms with Gasteiger partial charge in [0.2, 0.25) is 10.0 Å². The van der Waals surface area contributed by atoms with Gasteiger partial charge < -0.3 is 0 Å². The Hall–Kier alpha value is -2.72. The lowest BCUT2D eigenvalue weighted by molar-refractivity contribution is 0.406. The predicted molar refractivity (Wildman–Crippen MR) is 147 cm³/mol. The maximum Gasteiger partial charge on any atom is 0.265 e. The van der Waals surface area contributed by atoms with E-state index in [0.717, 1.165) is 14.3 Å². The molecule has 0 amide bonds. The average molecular weight is 588 g/mol. The Morgan fingerprint density at radius 3 is 2.03 bits per heavy atom. The third-order valence-electron chi connectivity index (χ3n) is 6.24. The van der Waals surface area contributed by atoms with Crippen LogP contribution in [0.15, 0.2) is 117 Å². The molecule has 1 aliphatic rings. The number of halogens is 1. The van der Waals surface area contributed by atoms with Crippen molar-refractivity contribution in [3.63, 3.8) is 0 Å². The Bertz CT molecular complexity index is 1500. The molecule has 0 unspecified atom stereocenters. The predicted octanol–water partition coefficient (Wildman–Crippen LogP) is 5.73. The van der Waals surface area contributed by atoms with Crippen LogP contribution in [0.1, 0.15) is 12.5 Å². The molecule has 1 saturated heterocycles. The topological polar surface area (TPSA) is 74.8 Å². The van der Waals surface area contributed by atoms with E-state index in [1.807, 2.05) is 6.92 Å². The van der Waals surface area contributed by atoms with Crippen LogP contribution in [0.3, 0.4) is 0 Å². The van der Waals surface area contributed by atoms with Gasteiger partial charge in [-0.25, -0.2) is 21.1 Å².